The normalized spacial score (nSPS) is 26.8. The average Bonchev–Trinajstić information content (AvgIpc) is 2.81. The minimum Gasteiger partial charge on any atom is -0.379 e. The summed E-state index contributed by atoms with van der Waals surface area (Å²) in [6.07, 6.45) is 10.3. The molecule has 0 aromatic carbocycles. The summed E-state index contributed by atoms with van der Waals surface area (Å²) >= 11 is 0. The number of rotatable bonds is 4. The van der Waals surface area contributed by atoms with Crippen LogP contribution in [0.15, 0.2) is 12.2 Å². The summed E-state index contributed by atoms with van der Waals surface area (Å²) in [5.74, 6) is 0.360. The molecule has 2 aliphatic carbocycles. The van der Waals surface area contributed by atoms with Crippen LogP contribution in [-0.4, -0.2) is 29.7 Å². The van der Waals surface area contributed by atoms with Gasteiger partial charge in [-0.2, -0.15) is 0 Å². The second-order valence-electron chi connectivity index (χ2n) is 4.88. The standard InChI is InChI=1S/C7H10.C6H14O3/c1-2-7-4-3-6(1)5-7;1-3-4-6(7,8)5-9-2/h1-2,6-7H,3-5H2;7-8H,3-5H2,1-2H3. The van der Waals surface area contributed by atoms with Crippen molar-refractivity contribution in [1.82, 2.24) is 0 Å². The van der Waals surface area contributed by atoms with Crippen LogP contribution in [-0.2, 0) is 4.74 Å². The molecule has 2 unspecified atom stereocenters. The molecule has 0 aromatic heterocycles. The summed E-state index contributed by atoms with van der Waals surface area (Å²) in [5.41, 5.74) is 0. The minimum atomic E-state index is -1.62. The fourth-order valence-corrected chi connectivity index (χ4v) is 2.42. The van der Waals surface area contributed by atoms with Gasteiger partial charge in [-0.15, -0.1) is 0 Å². The third-order valence-corrected chi connectivity index (χ3v) is 3.20. The highest BCUT2D eigenvalue weighted by molar-refractivity contribution is 5.06. The van der Waals surface area contributed by atoms with Crippen molar-refractivity contribution in [3.8, 4) is 0 Å². The Hall–Kier alpha value is -0.380. The van der Waals surface area contributed by atoms with E-state index in [0.717, 1.165) is 18.3 Å². The lowest BCUT2D eigenvalue weighted by Crippen LogP contribution is -2.33. The number of allylic oxidation sites excluding steroid dienone is 2. The van der Waals surface area contributed by atoms with Gasteiger partial charge < -0.3 is 14.9 Å². The van der Waals surface area contributed by atoms with Crippen molar-refractivity contribution in [3.63, 3.8) is 0 Å². The van der Waals surface area contributed by atoms with Gasteiger partial charge in [0.25, 0.3) is 0 Å². The third-order valence-electron chi connectivity index (χ3n) is 3.20. The largest absolute Gasteiger partial charge is 0.379 e. The average molecular weight is 228 g/mol. The van der Waals surface area contributed by atoms with E-state index in [1.807, 2.05) is 6.92 Å². The van der Waals surface area contributed by atoms with E-state index in [1.165, 1.54) is 26.4 Å². The third kappa shape index (κ3) is 4.64. The van der Waals surface area contributed by atoms with Gasteiger partial charge in [0.2, 0.25) is 0 Å². The molecule has 2 aliphatic rings. The summed E-state index contributed by atoms with van der Waals surface area (Å²) in [6, 6.07) is 0. The van der Waals surface area contributed by atoms with Crippen molar-refractivity contribution in [3.05, 3.63) is 12.2 Å². The summed E-state index contributed by atoms with van der Waals surface area (Å²) in [7, 11) is 1.44. The summed E-state index contributed by atoms with van der Waals surface area (Å²) in [5, 5.41) is 17.9. The predicted octanol–water partition coefficient (Wildman–Crippen LogP) is 2.09. The quantitative estimate of drug-likeness (QED) is 0.572. The van der Waals surface area contributed by atoms with Crippen molar-refractivity contribution < 1.29 is 14.9 Å². The molecular formula is C13H24O3. The van der Waals surface area contributed by atoms with Gasteiger partial charge in [0, 0.05) is 13.5 Å². The molecule has 3 heteroatoms. The van der Waals surface area contributed by atoms with Crippen molar-refractivity contribution in [2.24, 2.45) is 11.8 Å². The van der Waals surface area contributed by atoms with Gasteiger partial charge in [-0.3, -0.25) is 0 Å². The van der Waals surface area contributed by atoms with Crippen molar-refractivity contribution in [1.29, 1.82) is 0 Å². The number of methoxy groups -OCH3 is 1. The first kappa shape index (κ1) is 13.7. The van der Waals surface area contributed by atoms with E-state index in [-0.39, 0.29) is 6.61 Å². The minimum absolute atomic E-state index is 0.0131. The van der Waals surface area contributed by atoms with Crippen LogP contribution < -0.4 is 0 Å². The fraction of sp³-hybridized carbons (Fsp3) is 0.846. The summed E-state index contributed by atoms with van der Waals surface area (Å²) < 4.78 is 4.56. The molecule has 2 N–H and O–H groups in total. The zero-order chi connectivity index (χ0) is 12.0. The van der Waals surface area contributed by atoms with Gasteiger partial charge in [0.1, 0.15) is 0 Å². The second kappa shape index (κ2) is 6.38. The number of hydrogen-bond donors (Lipinski definition) is 2. The van der Waals surface area contributed by atoms with E-state index in [0.29, 0.717) is 6.42 Å². The molecule has 3 nitrogen and oxygen atoms in total. The molecule has 0 radical (unpaired) electrons. The predicted molar refractivity (Wildman–Crippen MR) is 63.9 cm³/mol. The molecule has 0 spiro atoms. The number of hydrogen-bond acceptors (Lipinski definition) is 3. The molecule has 94 valence electrons. The fourth-order valence-electron chi connectivity index (χ4n) is 2.42. The Labute approximate surface area is 98.1 Å². The molecule has 0 aromatic rings. The molecule has 2 rings (SSSR count). The number of aliphatic hydroxyl groups is 2. The molecule has 2 bridgehead atoms. The monoisotopic (exact) mass is 228 g/mol. The van der Waals surface area contributed by atoms with Crippen LogP contribution >= 0.6 is 0 Å². The molecule has 1 fully saturated rings. The Bertz CT molecular complexity index is 203. The zero-order valence-electron chi connectivity index (χ0n) is 10.4. The first-order valence-electron chi connectivity index (χ1n) is 6.19. The van der Waals surface area contributed by atoms with Crippen LogP contribution in [0.4, 0.5) is 0 Å². The lowest BCUT2D eigenvalue weighted by molar-refractivity contribution is -0.196. The van der Waals surface area contributed by atoms with Crippen molar-refractivity contribution >= 4 is 0 Å². The molecule has 0 aliphatic heterocycles. The Morgan fingerprint density at radius 3 is 2.06 bits per heavy atom. The van der Waals surface area contributed by atoms with E-state index in [9.17, 15) is 0 Å². The Morgan fingerprint density at radius 1 is 1.25 bits per heavy atom. The van der Waals surface area contributed by atoms with Gasteiger partial charge in [-0.05, 0) is 31.1 Å². The lowest BCUT2D eigenvalue weighted by atomic mass is 10.1. The second-order valence-corrected chi connectivity index (χ2v) is 4.88. The first-order chi connectivity index (χ1) is 7.57. The van der Waals surface area contributed by atoms with E-state index in [1.54, 1.807) is 0 Å². The highest BCUT2D eigenvalue weighted by atomic mass is 16.6. The Kier molecular flexibility index (Phi) is 5.46. The van der Waals surface area contributed by atoms with Gasteiger partial charge in [0.15, 0.2) is 5.79 Å². The molecule has 0 heterocycles. The molecule has 0 saturated heterocycles. The van der Waals surface area contributed by atoms with E-state index >= 15 is 0 Å². The van der Waals surface area contributed by atoms with Gasteiger partial charge >= 0.3 is 0 Å². The van der Waals surface area contributed by atoms with Crippen molar-refractivity contribution in [2.45, 2.75) is 44.8 Å². The number of ether oxygens (including phenoxy) is 1. The molecule has 2 atom stereocenters. The Balaban J connectivity index is 0.000000163. The smallest absolute Gasteiger partial charge is 0.186 e. The molecule has 0 amide bonds. The SMILES string of the molecule is C1=CC2CCC1C2.CCCC(O)(O)COC. The van der Waals surface area contributed by atoms with Gasteiger partial charge in [0.05, 0.1) is 6.61 Å². The van der Waals surface area contributed by atoms with E-state index in [2.05, 4.69) is 16.9 Å². The van der Waals surface area contributed by atoms with Crippen LogP contribution in [0.1, 0.15) is 39.0 Å². The first-order valence-corrected chi connectivity index (χ1v) is 6.19. The van der Waals surface area contributed by atoms with Crippen LogP contribution in [0.2, 0.25) is 0 Å². The summed E-state index contributed by atoms with van der Waals surface area (Å²) in [4.78, 5) is 0. The molecule has 16 heavy (non-hydrogen) atoms. The number of fused-ring (bicyclic) bond motifs is 2. The van der Waals surface area contributed by atoms with E-state index < -0.39 is 5.79 Å². The van der Waals surface area contributed by atoms with Crippen LogP contribution in [0, 0.1) is 11.8 Å². The van der Waals surface area contributed by atoms with Crippen molar-refractivity contribution in [2.75, 3.05) is 13.7 Å². The highest BCUT2D eigenvalue weighted by Gasteiger charge is 2.25. The maximum atomic E-state index is 8.94. The Morgan fingerprint density at radius 2 is 1.81 bits per heavy atom. The maximum absolute atomic E-state index is 8.94. The highest BCUT2D eigenvalue weighted by Crippen LogP contribution is 2.38. The van der Waals surface area contributed by atoms with Crippen LogP contribution in [0.25, 0.3) is 0 Å². The van der Waals surface area contributed by atoms with Crippen LogP contribution in [0.3, 0.4) is 0 Å². The molecule has 1 saturated carbocycles. The molecular weight excluding hydrogens is 204 g/mol. The van der Waals surface area contributed by atoms with Gasteiger partial charge in [-0.1, -0.05) is 25.5 Å². The lowest BCUT2D eigenvalue weighted by Gasteiger charge is -2.18. The summed E-state index contributed by atoms with van der Waals surface area (Å²) in [6.45, 7) is 1.87. The van der Waals surface area contributed by atoms with Gasteiger partial charge in [-0.25, -0.2) is 0 Å². The topological polar surface area (TPSA) is 49.7 Å². The van der Waals surface area contributed by atoms with Crippen LogP contribution in [0.5, 0.6) is 0 Å². The maximum Gasteiger partial charge on any atom is 0.186 e. The zero-order valence-corrected chi connectivity index (χ0v) is 10.4. The van der Waals surface area contributed by atoms with E-state index in [4.69, 9.17) is 10.2 Å².